The average molecular weight is 425 g/mol. The molecule has 1 fully saturated rings. The Balaban J connectivity index is 1.34. The first kappa shape index (κ1) is 18.8. The first-order valence-electron chi connectivity index (χ1n) is 10.7. The van der Waals surface area contributed by atoms with E-state index < -0.39 is 0 Å². The van der Waals surface area contributed by atoms with Crippen LogP contribution in [-0.2, 0) is 11.8 Å². The van der Waals surface area contributed by atoms with E-state index in [1.807, 2.05) is 36.3 Å². The van der Waals surface area contributed by atoms with Crippen LogP contribution in [0.25, 0.3) is 27.9 Å². The predicted octanol–water partition coefficient (Wildman–Crippen LogP) is 3.86. The topological polar surface area (TPSA) is 72.5 Å². The molecule has 8 nitrogen and oxygen atoms in total. The molecule has 8 heteroatoms. The monoisotopic (exact) mass is 425 g/mol. The highest BCUT2D eigenvalue weighted by molar-refractivity contribution is 5.87. The van der Waals surface area contributed by atoms with Crippen molar-refractivity contribution < 1.29 is 4.74 Å². The van der Waals surface area contributed by atoms with E-state index in [0.29, 0.717) is 0 Å². The lowest BCUT2D eigenvalue weighted by Crippen LogP contribution is -2.36. The van der Waals surface area contributed by atoms with Crippen LogP contribution in [0.15, 0.2) is 67.1 Å². The Kier molecular flexibility index (Phi) is 4.50. The molecular weight excluding hydrogens is 402 g/mol. The molecule has 1 aliphatic rings. The zero-order valence-corrected chi connectivity index (χ0v) is 17.8. The van der Waals surface area contributed by atoms with Gasteiger partial charge in [0.2, 0.25) is 0 Å². The second-order valence-corrected chi connectivity index (χ2v) is 7.93. The number of fused-ring (bicyclic) bond motifs is 3. The third-order valence-corrected chi connectivity index (χ3v) is 5.84. The molecule has 0 bridgehead atoms. The maximum Gasteiger partial charge on any atom is 0.180 e. The van der Waals surface area contributed by atoms with Gasteiger partial charge in [-0.3, -0.25) is 9.08 Å². The van der Waals surface area contributed by atoms with E-state index in [1.165, 1.54) is 5.69 Å². The highest BCUT2D eigenvalue weighted by atomic mass is 16.5. The first-order chi connectivity index (χ1) is 15.7. The van der Waals surface area contributed by atoms with Crippen molar-refractivity contribution in [2.75, 3.05) is 36.5 Å². The van der Waals surface area contributed by atoms with Gasteiger partial charge in [-0.2, -0.15) is 5.10 Å². The van der Waals surface area contributed by atoms with Crippen molar-refractivity contribution in [3.63, 3.8) is 0 Å². The Morgan fingerprint density at radius 3 is 2.59 bits per heavy atom. The van der Waals surface area contributed by atoms with Gasteiger partial charge in [0.05, 0.1) is 29.9 Å². The summed E-state index contributed by atoms with van der Waals surface area (Å²) < 4.78 is 9.33. The maximum absolute atomic E-state index is 5.45. The van der Waals surface area contributed by atoms with E-state index in [4.69, 9.17) is 9.72 Å². The van der Waals surface area contributed by atoms with Gasteiger partial charge in [0.15, 0.2) is 11.5 Å². The van der Waals surface area contributed by atoms with Crippen molar-refractivity contribution in [1.82, 2.24) is 24.1 Å². The lowest BCUT2D eigenvalue weighted by atomic mass is 10.1. The fourth-order valence-electron chi connectivity index (χ4n) is 4.18. The van der Waals surface area contributed by atoms with Gasteiger partial charge in [-0.25, -0.2) is 9.97 Å². The maximum atomic E-state index is 5.45. The Morgan fingerprint density at radius 1 is 0.969 bits per heavy atom. The molecule has 1 N–H and O–H groups in total. The molecule has 1 aliphatic heterocycles. The number of rotatable bonds is 4. The smallest absolute Gasteiger partial charge is 0.180 e. The molecule has 0 unspecified atom stereocenters. The third-order valence-electron chi connectivity index (χ3n) is 5.84. The molecule has 6 rings (SSSR count). The number of morpholine rings is 1. The summed E-state index contributed by atoms with van der Waals surface area (Å²) in [6, 6.07) is 16.6. The van der Waals surface area contributed by atoms with Gasteiger partial charge < -0.3 is 15.0 Å². The minimum Gasteiger partial charge on any atom is -0.378 e. The van der Waals surface area contributed by atoms with Crippen LogP contribution in [0.4, 0.5) is 17.2 Å². The van der Waals surface area contributed by atoms with E-state index >= 15 is 0 Å². The van der Waals surface area contributed by atoms with Crippen molar-refractivity contribution in [2.24, 2.45) is 7.05 Å². The Hall–Kier alpha value is -3.91. The summed E-state index contributed by atoms with van der Waals surface area (Å²) in [6.45, 7) is 3.41. The molecule has 0 atom stereocenters. The molecule has 0 aliphatic carbocycles. The largest absolute Gasteiger partial charge is 0.378 e. The number of nitrogens with one attached hydrogen (secondary N) is 1. The summed E-state index contributed by atoms with van der Waals surface area (Å²) in [5.74, 6) is 0.729. The lowest BCUT2D eigenvalue weighted by molar-refractivity contribution is 0.122. The Labute approximate surface area is 185 Å². The molecular formula is C24H23N7O. The van der Waals surface area contributed by atoms with Crippen molar-refractivity contribution in [2.45, 2.75) is 0 Å². The van der Waals surface area contributed by atoms with Crippen LogP contribution in [0.1, 0.15) is 0 Å². The van der Waals surface area contributed by atoms with Crippen molar-refractivity contribution in [3.8, 4) is 11.3 Å². The molecule has 0 spiro atoms. The highest BCUT2D eigenvalue weighted by Crippen LogP contribution is 2.28. The highest BCUT2D eigenvalue weighted by Gasteiger charge is 2.13. The van der Waals surface area contributed by atoms with Gasteiger partial charge in [-0.1, -0.05) is 6.07 Å². The van der Waals surface area contributed by atoms with Crippen molar-refractivity contribution in [3.05, 3.63) is 67.1 Å². The van der Waals surface area contributed by atoms with Crippen LogP contribution in [-0.4, -0.2) is 50.5 Å². The van der Waals surface area contributed by atoms with Gasteiger partial charge in [-0.15, -0.1) is 0 Å². The number of hydrogen-bond acceptors (Lipinski definition) is 6. The van der Waals surface area contributed by atoms with Crippen LogP contribution in [0, 0.1) is 0 Å². The number of aryl methyl sites for hydroxylation is 1. The molecule has 160 valence electrons. The second kappa shape index (κ2) is 7.65. The van der Waals surface area contributed by atoms with Gasteiger partial charge in [0.1, 0.15) is 0 Å². The SMILES string of the molecule is Cn1ccc(-c2ccc3nc(Nc4ccc(N5CCOCC5)cc4)c4nccn4c3c2)n1. The van der Waals surface area contributed by atoms with Crippen LogP contribution < -0.4 is 10.2 Å². The fourth-order valence-corrected chi connectivity index (χ4v) is 4.18. The standard InChI is InChI=1S/C24H23N7O/c1-29-10-8-20(28-29)17-2-7-21-22(16-17)31-11-9-25-24(31)23(27-21)26-18-3-5-19(6-4-18)30-12-14-32-15-13-30/h2-11,16H,12-15H2,1H3,(H,26,27). The average Bonchev–Trinajstić information content (AvgIpc) is 3.50. The zero-order valence-electron chi connectivity index (χ0n) is 17.8. The molecule has 0 amide bonds. The van der Waals surface area contributed by atoms with Crippen LogP contribution in [0.2, 0.25) is 0 Å². The second-order valence-electron chi connectivity index (χ2n) is 7.93. The molecule has 32 heavy (non-hydrogen) atoms. The van der Waals surface area contributed by atoms with E-state index in [1.54, 1.807) is 6.20 Å². The van der Waals surface area contributed by atoms with E-state index in [9.17, 15) is 0 Å². The molecule has 2 aromatic carbocycles. The van der Waals surface area contributed by atoms with E-state index in [0.717, 1.165) is 65.7 Å². The Bertz CT molecular complexity index is 1400. The van der Waals surface area contributed by atoms with Gasteiger partial charge in [-0.05, 0) is 42.5 Å². The number of hydrogen-bond donors (Lipinski definition) is 1. The minimum atomic E-state index is 0.729. The van der Waals surface area contributed by atoms with E-state index in [-0.39, 0.29) is 0 Å². The molecule has 1 saturated heterocycles. The Morgan fingerprint density at radius 2 is 1.81 bits per heavy atom. The zero-order chi connectivity index (χ0) is 21.5. The number of benzene rings is 2. The normalized spacial score (nSPS) is 14.3. The van der Waals surface area contributed by atoms with Gasteiger partial charge >= 0.3 is 0 Å². The third kappa shape index (κ3) is 3.34. The van der Waals surface area contributed by atoms with E-state index in [2.05, 4.69) is 61.1 Å². The molecule has 4 heterocycles. The summed E-state index contributed by atoms with van der Waals surface area (Å²) in [4.78, 5) is 11.8. The molecule has 5 aromatic rings. The number of nitrogens with zero attached hydrogens (tertiary/aromatic N) is 6. The van der Waals surface area contributed by atoms with Gasteiger partial charge in [0, 0.05) is 55.7 Å². The lowest BCUT2D eigenvalue weighted by Gasteiger charge is -2.28. The number of imidazole rings is 1. The number of anilines is 3. The molecule has 0 saturated carbocycles. The van der Waals surface area contributed by atoms with Gasteiger partial charge in [0.25, 0.3) is 0 Å². The number of ether oxygens (including phenoxy) is 1. The summed E-state index contributed by atoms with van der Waals surface area (Å²) in [7, 11) is 1.92. The quantitative estimate of drug-likeness (QED) is 0.471. The summed E-state index contributed by atoms with van der Waals surface area (Å²) in [6.07, 6.45) is 5.72. The minimum absolute atomic E-state index is 0.729. The summed E-state index contributed by atoms with van der Waals surface area (Å²) in [5.41, 5.74) is 6.84. The predicted molar refractivity (Wildman–Crippen MR) is 125 cm³/mol. The molecule has 0 radical (unpaired) electrons. The summed E-state index contributed by atoms with van der Waals surface area (Å²) in [5, 5.41) is 7.97. The number of aromatic nitrogens is 5. The van der Waals surface area contributed by atoms with Crippen molar-refractivity contribution >= 4 is 33.9 Å². The van der Waals surface area contributed by atoms with Crippen LogP contribution in [0.3, 0.4) is 0 Å². The fraction of sp³-hybridized carbons (Fsp3) is 0.208. The molecule has 3 aromatic heterocycles. The van der Waals surface area contributed by atoms with Crippen LogP contribution >= 0.6 is 0 Å². The van der Waals surface area contributed by atoms with Crippen molar-refractivity contribution in [1.29, 1.82) is 0 Å². The van der Waals surface area contributed by atoms with Crippen LogP contribution in [0.5, 0.6) is 0 Å². The first-order valence-corrected chi connectivity index (χ1v) is 10.7. The summed E-state index contributed by atoms with van der Waals surface area (Å²) >= 11 is 0.